The fraction of sp³-hybridized carbons (Fsp3) is 0.467. The molecule has 0 radical (unpaired) electrons. The normalized spacial score (nSPS) is 15.4. The Morgan fingerprint density at radius 3 is 2.68 bits per heavy atom. The van der Waals surface area contributed by atoms with E-state index in [1.807, 2.05) is 6.07 Å². The molecule has 19 heavy (non-hydrogen) atoms. The van der Waals surface area contributed by atoms with Crippen molar-refractivity contribution >= 4 is 27.7 Å². The number of hydrogen-bond donors (Lipinski definition) is 0. The van der Waals surface area contributed by atoms with Gasteiger partial charge in [0, 0.05) is 16.5 Å². The Morgan fingerprint density at radius 1 is 1.26 bits per heavy atom. The van der Waals surface area contributed by atoms with Gasteiger partial charge in [0.25, 0.3) is 0 Å². The Labute approximate surface area is 121 Å². The number of carbonyl (C=O) groups is 2. The summed E-state index contributed by atoms with van der Waals surface area (Å²) in [5, 5.41) is 0. The van der Waals surface area contributed by atoms with Gasteiger partial charge in [0.1, 0.15) is 0 Å². The maximum absolute atomic E-state index is 11.8. The first-order chi connectivity index (χ1) is 9.15. The van der Waals surface area contributed by atoms with Crippen molar-refractivity contribution in [1.29, 1.82) is 0 Å². The van der Waals surface area contributed by atoms with Crippen LogP contribution in [0.15, 0.2) is 28.7 Å². The Balaban J connectivity index is 1.78. The lowest BCUT2D eigenvalue weighted by Crippen LogP contribution is -2.16. The van der Waals surface area contributed by atoms with Gasteiger partial charge in [0.15, 0.2) is 12.4 Å². The molecular weight excluding hydrogens is 308 g/mol. The molecule has 1 saturated carbocycles. The Kier molecular flexibility index (Phi) is 5.14. The number of esters is 1. The summed E-state index contributed by atoms with van der Waals surface area (Å²) in [4.78, 5) is 23.5. The van der Waals surface area contributed by atoms with Crippen LogP contribution in [-0.4, -0.2) is 18.4 Å². The van der Waals surface area contributed by atoms with Crippen molar-refractivity contribution < 1.29 is 14.3 Å². The number of carbonyl (C=O) groups excluding carboxylic acids is 2. The largest absolute Gasteiger partial charge is 0.457 e. The zero-order chi connectivity index (χ0) is 13.7. The smallest absolute Gasteiger partial charge is 0.306 e. The molecule has 2 rings (SSSR count). The van der Waals surface area contributed by atoms with E-state index >= 15 is 0 Å². The van der Waals surface area contributed by atoms with Gasteiger partial charge in [-0.1, -0.05) is 40.9 Å². The summed E-state index contributed by atoms with van der Waals surface area (Å²) in [6.07, 6.45) is 5.07. The van der Waals surface area contributed by atoms with Gasteiger partial charge in [0.05, 0.1) is 0 Å². The van der Waals surface area contributed by atoms with Crippen molar-refractivity contribution in [3.63, 3.8) is 0 Å². The third-order valence-corrected chi connectivity index (χ3v) is 3.93. The molecule has 0 spiro atoms. The van der Waals surface area contributed by atoms with Gasteiger partial charge < -0.3 is 4.74 Å². The van der Waals surface area contributed by atoms with Gasteiger partial charge in [-0.15, -0.1) is 0 Å². The molecule has 0 unspecified atom stereocenters. The highest BCUT2D eigenvalue weighted by Gasteiger charge is 2.19. The summed E-state index contributed by atoms with van der Waals surface area (Å²) in [5.74, 6) is 0.0322. The minimum absolute atomic E-state index is 0.165. The summed E-state index contributed by atoms with van der Waals surface area (Å²) in [6.45, 7) is -0.165. The molecule has 0 saturated heterocycles. The van der Waals surface area contributed by atoms with Crippen LogP contribution in [0.4, 0.5) is 0 Å². The Hall–Kier alpha value is -1.16. The molecule has 102 valence electrons. The summed E-state index contributed by atoms with van der Waals surface area (Å²) < 4.78 is 5.90. The number of ether oxygens (including phenoxy) is 1. The average Bonchev–Trinajstić information content (AvgIpc) is 2.88. The van der Waals surface area contributed by atoms with E-state index in [0.29, 0.717) is 17.9 Å². The van der Waals surface area contributed by atoms with Crippen molar-refractivity contribution in [2.45, 2.75) is 32.1 Å². The van der Waals surface area contributed by atoms with E-state index < -0.39 is 0 Å². The Bertz CT molecular complexity index is 464. The zero-order valence-corrected chi connectivity index (χ0v) is 12.3. The van der Waals surface area contributed by atoms with Gasteiger partial charge in [-0.05, 0) is 30.9 Å². The van der Waals surface area contributed by atoms with E-state index in [2.05, 4.69) is 15.9 Å². The van der Waals surface area contributed by atoms with Gasteiger partial charge in [-0.2, -0.15) is 0 Å². The van der Waals surface area contributed by atoms with E-state index in [-0.39, 0.29) is 18.4 Å². The number of ketones is 1. The van der Waals surface area contributed by atoms with E-state index in [9.17, 15) is 9.59 Å². The highest BCUT2D eigenvalue weighted by atomic mass is 79.9. The van der Waals surface area contributed by atoms with Crippen LogP contribution in [0.2, 0.25) is 0 Å². The molecule has 1 aromatic rings. The van der Waals surface area contributed by atoms with Crippen LogP contribution in [0.3, 0.4) is 0 Å². The van der Waals surface area contributed by atoms with Gasteiger partial charge >= 0.3 is 5.97 Å². The molecule has 0 bridgehead atoms. The second-order valence-electron chi connectivity index (χ2n) is 4.95. The van der Waals surface area contributed by atoms with Crippen molar-refractivity contribution in [2.75, 3.05) is 6.61 Å². The van der Waals surface area contributed by atoms with Crippen LogP contribution in [0.1, 0.15) is 42.5 Å². The lowest BCUT2D eigenvalue weighted by molar-refractivity contribution is -0.143. The van der Waals surface area contributed by atoms with Gasteiger partial charge in [-0.3, -0.25) is 9.59 Å². The predicted octanol–water partition coefficient (Wildman–Crippen LogP) is 3.76. The molecule has 0 amide bonds. The quantitative estimate of drug-likeness (QED) is 0.612. The summed E-state index contributed by atoms with van der Waals surface area (Å²) >= 11 is 3.31. The first-order valence-corrected chi connectivity index (χ1v) is 7.39. The molecule has 1 aliphatic rings. The molecule has 0 N–H and O–H groups in total. The number of Topliss-reactive ketones (excluding diaryl/α,β-unsaturated/α-hetero) is 1. The summed E-state index contributed by atoms with van der Waals surface area (Å²) in [5.41, 5.74) is 0.558. The molecule has 4 heteroatoms. The van der Waals surface area contributed by atoms with Crippen LogP contribution >= 0.6 is 15.9 Å². The van der Waals surface area contributed by atoms with Crippen molar-refractivity contribution in [1.82, 2.24) is 0 Å². The van der Waals surface area contributed by atoms with Crippen molar-refractivity contribution in [3.05, 3.63) is 34.3 Å². The fourth-order valence-corrected chi connectivity index (χ4v) is 2.80. The third kappa shape index (κ3) is 4.46. The first-order valence-electron chi connectivity index (χ1n) is 6.59. The number of rotatable bonds is 5. The average molecular weight is 325 g/mol. The SMILES string of the molecule is O=C(CC1CCCC1)OCC(=O)c1cccc(Br)c1. The van der Waals surface area contributed by atoms with E-state index in [1.165, 1.54) is 12.8 Å². The minimum atomic E-state index is -0.254. The van der Waals surface area contributed by atoms with Crippen LogP contribution in [0, 0.1) is 5.92 Å². The minimum Gasteiger partial charge on any atom is -0.457 e. The first kappa shape index (κ1) is 14.3. The standard InChI is InChI=1S/C15H17BrO3/c16-13-7-3-6-12(9-13)14(17)10-19-15(18)8-11-4-1-2-5-11/h3,6-7,9,11H,1-2,4-5,8,10H2. The van der Waals surface area contributed by atoms with Crippen LogP contribution in [0.5, 0.6) is 0 Å². The van der Waals surface area contributed by atoms with Gasteiger partial charge in [0.2, 0.25) is 0 Å². The molecule has 1 fully saturated rings. The lowest BCUT2D eigenvalue weighted by Gasteiger charge is -2.08. The molecule has 0 aromatic heterocycles. The Morgan fingerprint density at radius 2 is 2.00 bits per heavy atom. The molecule has 0 atom stereocenters. The third-order valence-electron chi connectivity index (χ3n) is 3.44. The van der Waals surface area contributed by atoms with E-state index in [0.717, 1.165) is 17.3 Å². The van der Waals surface area contributed by atoms with E-state index in [1.54, 1.807) is 18.2 Å². The van der Waals surface area contributed by atoms with Crippen molar-refractivity contribution in [3.8, 4) is 0 Å². The van der Waals surface area contributed by atoms with Gasteiger partial charge in [-0.25, -0.2) is 0 Å². The lowest BCUT2D eigenvalue weighted by atomic mass is 10.0. The predicted molar refractivity (Wildman–Crippen MR) is 76.0 cm³/mol. The molecule has 1 aliphatic carbocycles. The molecule has 0 aliphatic heterocycles. The molecule has 0 heterocycles. The highest BCUT2D eigenvalue weighted by molar-refractivity contribution is 9.10. The maximum Gasteiger partial charge on any atom is 0.306 e. The number of hydrogen-bond acceptors (Lipinski definition) is 3. The zero-order valence-electron chi connectivity index (χ0n) is 10.7. The number of benzene rings is 1. The summed E-state index contributed by atoms with van der Waals surface area (Å²) in [7, 11) is 0. The maximum atomic E-state index is 11.8. The molecule has 3 nitrogen and oxygen atoms in total. The fourth-order valence-electron chi connectivity index (χ4n) is 2.40. The second-order valence-corrected chi connectivity index (χ2v) is 5.86. The van der Waals surface area contributed by atoms with Crippen LogP contribution < -0.4 is 0 Å². The highest BCUT2D eigenvalue weighted by Crippen LogP contribution is 2.27. The molecular formula is C15H17BrO3. The topological polar surface area (TPSA) is 43.4 Å². The number of halogens is 1. The van der Waals surface area contributed by atoms with E-state index in [4.69, 9.17) is 4.74 Å². The molecule has 1 aromatic carbocycles. The van der Waals surface area contributed by atoms with Crippen molar-refractivity contribution in [2.24, 2.45) is 5.92 Å². The van der Waals surface area contributed by atoms with Crippen LogP contribution in [0.25, 0.3) is 0 Å². The monoisotopic (exact) mass is 324 g/mol. The van der Waals surface area contributed by atoms with Crippen LogP contribution in [-0.2, 0) is 9.53 Å². The second kappa shape index (κ2) is 6.85. The summed E-state index contributed by atoms with van der Waals surface area (Å²) in [6, 6.07) is 7.09.